The average molecular weight is 272 g/mol. The molecule has 4 nitrogen and oxygen atoms in total. The molecule has 0 radical (unpaired) electrons. The average Bonchev–Trinajstić information content (AvgIpc) is 2.31. The van der Waals surface area contributed by atoms with E-state index >= 15 is 0 Å². The zero-order valence-corrected chi connectivity index (χ0v) is 13.3. The van der Waals surface area contributed by atoms with Gasteiger partial charge in [0, 0.05) is 6.04 Å². The molecule has 0 heterocycles. The lowest BCUT2D eigenvalue weighted by Crippen LogP contribution is -2.52. The Labute approximate surface area is 118 Å². The largest absolute Gasteiger partial charge is 0.480 e. The molecule has 0 aliphatic heterocycles. The maximum absolute atomic E-state index is 11.4. The summed E-state index contributed by atoms with van der Waals surface area (Å²) < 4.78 is 0. The quantitative estimate of drug-likeness (QED) is 0.568. The number of hydrogen-bond acceptors (Lipinski definition) is 3. The number of carboxylic acids is 1. The molecule has 1 unspecified atom stereocenters. The number of rotatable bonds is 11. The van der Waals surface area contributed by atoms with Gasteiger partial charge in [-0.1, -0.05) is 13.3 Å². The summed E-state index contributed by atoms with van der Waals surface area (Å²) in [6.07, 6.45) is 5.14. The second-order valence-corrected chi connectivity index (χ2v) is 6.05. The van der Waals surface area contributed by atoms with E-state index in [4.69, 9.17) is 0 Å². The molecule has 0 rings (SSSR count). The van der Waals surface area contributed by atoms with E-state index in [0.717, 1.165) is 25.9 Å². The zero-order valence-electron chi connectivity index (χ0n) is 13.3. The third kappa shape index (κ3) is 8.22. The predicted octanol–water partition coefficient (Wildman–Crippen LogP) is 2.73. The summed E-state index contributed by atoms with van der Waals surface area (Å²) in [4.78, 5) is 13.7. The van der Waals surface area contributed by atoms with E-state index in [1.807, 2.05) is 13.8 Å². The van der Waals surface area contributed by atoms with Gasteiger partial charge in [-0.2, -0.15) is 0 Å². The van der Waals surface area contributed by atoms with Crippen molar-refractivity contribution < 1.29 is 9.90 Å². The van der Waals surface area contributed by atoms with Crippen molar-refractivity contribution in [2.45, 2.75) is 71.4 Å². The summed E-state index contributed by atoms with van der Waals surface area (Å²) >= 11 is 0. The van der Waals surface area contributed by atoms with Crippen molar-refractivity contribution >= 4 is 5.97 Å². The zero-order chi connectivity index (χ0) is 14.9. The van der Waals surface area contributed by atoms with Crippen molar-refractivity contribution in [2.24, 2.45) is 0 Å². The molecule has 0 saturated heterocycles. The number of carboxylic acid groups (broad SMARTS) is 1. The van der Waals surface area contributed by atoms with E-state index in [0.29, 0.717) is 6.42 Å². The van der Waals surface area contributed by atoms with Crippen molar-refractivity contribution in [3.05, 3.63) is 0 Å². The van der Waals surface area contributed by atoms with E-state index < -0.39 is 11.5 Å². The monoisotopic (exact) mass is 272 g/mol. The summed E-state index contributed by atoms with van der Waals surface area (Å²) in [6.45, 7) is 10.1. The minimum atomic E-state index is -0.795. The molecular weight excluding hydrogens is 240 g/mol. The number of aliphatic carboxylic acids is 1. The Balaban J connectivity index is 3.97. The van der Waals surface area contributed by atoms with Gasteiger partial charge < -0.3 is 10.0 Å². The summed E-state index contributed by atoms with van der Waals surface area (Å²) in [5.41, 5.74) is -0.795. The van der Waals surface area contributed by atoms with Gasteiger partial charge in [0.15, 0.2) is 0 Å². The molecule has 1 atom stereocenters. The normalized spacial score (nSPS) is 14.9. The first-order chi connectivity index (χ1) is 8.81. The van der Waals surface area contributed by atoms with Crippen LogP contribution in [-0.4, -0.2) is 47.7 Å². The summed E-state index contributed by atoms with van der Waals surface area (Å²) in [7, 11) is 2.14. The first-order valence-electron chi connectivity index (χ1n) is 7.51. The lowest BCUT2D eigenvalue weighted by Gasteiger charge is -2.29. The Bertz CT molecular complexity index is 257. The van der Waals surface area contributed by atoms with Gasteiger partial charge in [-0.3, -0.25) is 10.1 Å². The molecule has 2 N–H and O–H groups in total. The van der Waals surface area contributed by atoms with Gasteiger partial charge in [0.2, 0.25) is 0 Å². The maximum atomic E-state index is 11.4. The highest BCUT2D eigenvalue weighted by Gasteiger charge is 2.32. The van der Waals surface area contributed by atoms with Crippen LogP contribution in [-0.2, 0) is 4.79 Å². The minimum absolute atomic E-state index is 0.188. The molecule has 0 saturated carbocycles. The fourth-order valence-corrected chi connectivity index (χ4v) is 2.28. The molecule has 0 bridgehead atoms. The van der Waals surface area contributed by atoms with Gasteiger partial charge in [0.25, 0.3) is 0 Å². The Morgan fingerprint density at radius 1 is 1.26 bits per heavy atom. The molecule has 0 aromatic carbocycles. The number of carbonyl (C=O) groups is 1. The fraction of sp³-hybridized carbons (Fsp3) is 0.933. The molecule has 0 aliphatic carbocycles. The number of nitrogens with zero attached hydrogens (tertiary/aromatic N) is 1. The smallest absolute Gasteiger partial charge is 0.323 e. The van der Waals surface area contributed by atoms with Gasteiger partial charge in [0.1, 0.15) is 5.54 Å². The van der Waals surface area contributed by atoms with Crippen LogP contribution in [0.2, 0.25) is 0 Å². The van der Waals surface area contributed by atoms with Crippen LogP contribution >= 0.6 is 0 Å². The third-order valence-electron chi connectivity index (χ3n) is 3.44. The molecule has 0 aromatic heterocycles. The topological polar surface area (TPSA) is 52.6 Å². The van der Waals surface area contributed by atoms with Crippen molar-refractivity contribution in [3.63, 3.8) is 0 Å². The third-order valence-corrected chi connectivity index (χ3v) is 3.44. The highest BCUT2D eigenvalue weighted by molar-refractivity contribution is 5.78. The Morgan fingerprint density at radius 3 is 2.32 bits per heavy atom. The molecule has 19 heavy (non-hydrogen) atoms. The van der Waals surface area contributed by atoms with Crippen LogP contribution in [0.15, 0.2) is 0 Å². The molecule has 0 aromatic rings. The van der Waals surface area contributed by atoms with Gasteiger partial charge in [-0.25, -0.2) is 0 Å². The van der Waals surface area contributed by atoms with Crippen molar-refractivity contribution in [1.82, 2.24) is 10.2 Å². The lowest BCUT2D eigenvalue weighted by molar-refractivity contribution is -0.144. The maximum Gasteiger partial charge on any atom is 0.323 e. The first-order valence-corrected chi connectivity index (χ1v) is 7.51. The van der Waals surface area contributed by atoms with Crippen LogP contribution in [0.25, 0.3) is 0 Å². The van der Waals surface area contributed by atoms with Gasteiger partial charge >= 0.3 is 5.97 Å². The number of nitrogens with one attached hydrogen (secondary N) is 1. The standard InChI is InChI=1S/C15H32N2O2/c1-6-7-11-17(5)12-9-8-10-15(4,14(18)19)16-13(2)3/h13,16H,6-12H2,1-5H3,(H,18,19). The SMILES string of the molecule is CCCCN(C)CCCCC(C)(NC(C)C)C(=O)O. The number of hydrogen-bond donors (Lipinski definition) is 2. The fourth-order valence-electron chi connectivity index (χ4n) is 2.28. The second-order valence-electron chi connectivity index (χ2n) is 6.05. The first kappa shape index (κ1) is 18.4. The van der Waals surface area contributed by atoms with Gasteiger partial charge in [-0.15, -0.1) is 0 Å². The van der Waals surface area contributed by atoms with Crippen LogP contribution in [0.5, 0.6) is 0 Å². The van der Waals surface area contributed by atoms with Crippen molar-refractivity contribution in [1.29, 1.82) is 0 Å². The van der Waals surface area contributed by atoms with Crippen LogP contribution in [0, 0.1) is 0 Å². The second kappa shape index (κ2) is 9.32. The molecule has 0 spiro atoms. The Morgan fingerprint density at radius 2 is 1.84 bits per heavy atom. The van der Waals surface area contributed by atoms with Crippen LogP contribution in [0.3, 0.4) is 0 Å². The van der Waals surface area contributed by atoms with Crippen LogP contribution < -0.4 is 5.32 Å². The van der Waals surface area contributed by atoms with Crippen molar-refractivity contribution in [3.8, 4) is 0 Å². The number of unbranched alkanes of at least 4 members (excludes halogenated alkanes) is 2. The molecule has 0 fully saturated rings. The Hall–Kier alpha value is -0.610. The van der Waals surface area contributed by atoms with E-state index in [1.165, 1.54) is 12.8 Å². The van der Waals surface area contributed by atoms with Crippen LogP contribution in [0.4, 0.5) is 0 Å². The predicted molar refractivity (Wildman–Crippen MR) is 80.6 cm³/mol. The van der Waals surface area contributed by atoms with E-state index in [-0.39, 0.29) is 6.04 Å². The lowest BCUT2D eigenvalue weighted by atomic mass is 9.94. The summed E-state index contributed by atoms with van der Waals surface area (Å²) in [5, 5.41) is 12.5. The molecular formula is C15H32N2O2. The van der Waals surface area contributed by atoms with E-state index in [2.05, 4.69) is 24.2 Å². The van der Waals surface area contributed by atoms with E-state index in [9.17, 15) is 9.90 Å². The minimum Gasteiger partial charge on any atom is -0.480 e. The highest BCUT2D eigenvalue weighted by atomic mass is 16.4. The highest BCUT2D eigenvalue weighted by Crippen LogP contribution is 2.15. The van der Waals surface area contributed by atoms with E-state index in [1.54, 1.807) is 6.92 Å². The summed E-state index contributed by atoms with van der Waals surface area (Å²) in [6, 6.07) is 0.188. The molecule has 0 aliphatic rings. The summed E-state index contributed by atoms with van der Waals surface area (Å²) in [5.74, 6) is -0.750. The molecule has 4 heteroatoms. The Kier molecular flexibility index (Phi) is 9.02. The van der Waals surface area contributed by atoms with Crippen molar-refractivity contribution in [2.75, 3.05) is 20.1 Å². The molecule has 114 valence electrons. The van der Waals surface area contributed by atoms with Gasteiger partial charge in [-0.05, 0) is 66.6 Å². The van der Waals surface area contributed by atoms with Crippen LogP contribution in [0.1, 0.15) is 59.8 Å². The molecule has 0 amide bonds. The van der Waals surface area contributed by atoms with Gasteiger partial charge in [0.05, 0.1) is 0 Å².